The highest BCUT2D eigenvalue weighted by Gasteiger charge is 2.64. The Labute approximate surface area is 185 Å². The summed E-state index contributed by atoms with van der Waals surface area (Å²) in [5.41, 5.74) is 0.248. The molecule has 0 bridgehead atoms. The van der Waals surface area contributed by atoms with E-state index in [1.54, 1.807) is 10.9 Å². The number of fused-ring (bicyclic) bond motifs is 5. The number of aromatic nitrogens is 2. The second-order valence-corrected chi connectivity index (χ2v) is 11.6. The maximum absolute atomic E-state index is 13.7. The van der Waals surface area contributed by atoms with E-state index >= 15 is 0 Å². The molecule has 1 heterocycles. The molecule has 5 rings (SSSR count). The number of hydrogen-bond donors (Lipinski definition) is 0. The van der Waals surface area contributed by atoms with Gasteiger partial charge in [-0.25, -0.2) is 0 Å². The summed E-state index contributed by atoms with van der Waals surface area (Å²) in [6, 6.07) is 2.06. The van der Waals surface area contributed by atoms with E-state index in [9.17, 15) is 9.59 Å². The van der Waals surface area contributed by atoms with Crippen LogP contribution >= 0.6 is 0 Å². The lowest BCUT2D eigenvalue weighted by Crippen LogP contribution is -2.57. The van der Waals surface area contributed by atoms with Gasteiger partial charge in [0.05, 0.1) is 18.3 Å². The van der Waals surface area contributed by atoms with Crippen LogP contribution in [-0.2, 0) is 16.1 Å². The van der Waals surface area contributed by atoms with Gasteiger partial charge in [0.2, 0.25) is 0 Å². The van der Waals surface area contributed by atoms with Crippen molar-refractivity contribution in [1.82, 2.24) is 9.78 Å². The van der Waals surface area contributed by atoms with Crippen LogP contribution in [-0.4, -0.2) is 21.3 Å². The maximum Gasteiger partial charge on any atom is 0.158 e. The lowest BCUT2D eigenvalue weighted by atomic mass is 9.44. The minimum Gasteiger partial charge on any atom is -0.299 e. The maximum atomic E-state index is 13.7. The van der Waals surface area contributed by atoms with Gasteiger partial charge in [0.25, 0.3) is 0 Å². The summed E-state index contributed by atoms with van der Waals surface area (Å²) in [7, 11) is 0. The largest absolute Gasteiger partial charge is 0.299 e. The average Bonchev–Trinajstić information content (AvgIpc) is 3.34. The van der Waals surface area contributed by atoms with Gasteiger partial charge in [-0.05, 0) is 73.5 Å². The fourth-order valence-corrected chi connectivity index (χ4v) is 8.48. The number of Topliss-reactive ketones (excluding diaryl/α,β-unsaturated/α-hetero) is 2. The van der Waals surface area contributed by atoms with Gasteiger partial charge in [0, 0.05) is 24.0 Å². The number of carbonyl (C=O) groups is 2. The fraction of sp³-hybridized carbons (Fsp3) is 0.769. The first-order valence-electron chi connectivity index (χ1n) is 12.3. The quantitative estimate of drug-likeness (QED) is 0.703. The van der Waals surface area contributed by atoms with Gasteiger partial charge in [0.15, 0.2) is 5.78 Å². The Balaban J connectivity index is 1.39. The highest BCUT2D eigenvalue weighted by atomic mass is 16.1. The van der Waals surface area contributed by atoms with Crippen molar-refractivity contribution >= 4 is 11.6 Å². The van der Waals surface area contributed by atoms with Crippen molar-refractivity contribution < 1.29 is 9.59 Å². The van der Waals surface area contributed by atoms with E-state index < -0.39 is 5.41 Å². The molecule has 0 spiro atoms. The zero-order valence-corrected chi connectivity index (χ0v) is 19.1. The second kappa shape index (κ2) is 7.29. The van der Waals surface area contributed by atoms with Crippen molar-refractivity contribution in [3.8, 4) is 6.07 Å². The summed E-state index contributed by atoms with van der Waals surface area (Å²) in [5, 5.41) is 13.2. The van der Waals surface area contributed by atoms with E-state index in [-0.39, 0.29) is 18.2 Å². The minimum atomic E-state index is -0.519. The lowest BCUT2D eigenvalue weighted by Gasteiger charge is -2.60. The molecule has 0 aromatic carbocycles. The summed E-state index contributed by atoms with van der Waals surface area (Å²) < 4.78 is 1.56. The van der Waals surface area contributed by atoms with E-state index in [1.165, 1.54) is 38.3 Å². The van der Waals surface area contributed by atoms with Crippen LogP contribution in [0.5, 0.6) is 0 Å². The molecule has 3 unspecified atom stereocenters. The molecule has 4 fully saturated rings. The molecule has 5 nitrogen and oxygen atoms in total. The Kier molecular flexibility index (Phi) is 4.92. The fourth-order valence-electron chi connectivity index (χ4n) is 8.48. The number of rotatable bonds is 3. The second-order valence-electron chi connectivity index (χ2n) is 11.6. The van der Waals surface area contributed by atoms with Crippen LogP contribution in [0.25, 0.3) is 0 Å². The van der Waals surface area contributed by atoms with Crippen LogP contribution in [0.4, 0.5) is 0 Å². The molecule has 5 heteroatoms. The van der Waals surface area contributed by atoms with Gasteiger partial charge in [-0.2, -0.15) is 10.4 Å². The highest BCUT2D eigenvalue weighted by molar-refractivity contribution is 5.94. The molecule has 0 saturated heterocycles. The molecule has 4 saturated carbocycles. The third-order valence-electron chi connectivity index (χ3n) is 10.3. The third kappa shape index (κ3) is 3.04. The van der Waals surface area contributed by atoms with E-state index in [2.05, 4.69) is 31.9 Å². The van der Waals surface area contributed by atoms with Gasteiger partial charge in [-0.1, -0.05) is 27.2 Å². The van der Waals surface area contributed by atoms with Crippen molar-refractivity contribution in [2.24, 2.45) is 46.3 Å². The number of nitriles is 1. The van der Waals surface area contributed by atoms with Crippen LogP contribution in [0, 0.1) is 57.7 Å². The molecule has 0 aliphatic heterocycles. The van der Waals surface area contributed by atoms with Crippen LogP contribution in [0.2, 0.25) is 0 Å². The molecule has 31 heavy (non-hydrogen) atoms. The topological polar surface area (TPSA) is 75.8 Å². The van der Waals surface area contributed by atoms with E-state index in [0.717, 1.165) is 24.7 Å². The SMILES string of the molecule is C[C@H]1CC[C@@]2(C)C(CC[C@@H]3C2CC(=O)[C@@]2(C)C3CC[C@@H]2C(=O)Cn2cc(C#N)cn2)C1. The van der Waals surface area contributed by atoms with Crippen molar-refractivity contribution in [2.75, 3.05) is 0 Å². The lowest BCUT2D eigenvalue weighted by molar-refractivity contribution is -0.160. The van der Waals surface area contributed by atoms with Crippen LogP contribution in [0.15, 0.2) is 12.4 Å². The summed E-state index contributed by atoms with van der Waals surface area (Å²) >= 11 is 0. The standard InChI is InChI=1S/C26H35N3O2/c1-16-8-9-25(2)18(10-16)4-5-19-20-6-7-21(26(20,3)24(31)11-22(19)25)23(30)15-29-14-17(12-27)13-28-29/h13-14,16,18-22H,4-11,15H2,1-3H3/t16-,18?,19-,20?,21+,22?,25-,26-/m0/s1. The first kappa shape index (κ1) is 20.9. The van der Waals surface area contributed by atoms with Gasteiger partial charge in [-0.3, -0.25) is 14.3 Å². The molecule has 1 aromatic heterocycles. The summed E-state index contributed by atoms with van der Waals surface area (Å²) in [5.74, 6) is 3.26. The van der Waals surface area contributed by atoms with Crippen molar-refractivity contribution in [2.45, 2.75) is 78.7 Å². The molecule has 166 valence electrons. The predicted octanol–water partition coefficient (Wildman–Crippen LogP) is 4.80. The van der Waals surface area contributed by atoms with Crippen LogP contribution in [0.3, 0.4) is 0 Å². The Morgan fingerprint density at radius 2 is 2.03 bits per heavy atom. The minimum absolute atomic E-state index is 0.107. The molecule has 8 atom stereocenters. The molecular weight excluding hydrogens is 386 g/mol. The Hall–Kier alpha value is -1.96. The van der Waals surface area contributed by atoms with Gasteiger partial charge < -0.3 is 0 Å². The molecule has 0 N–H and O–H groups in total. The van der Waals surface area contributed by atoms with Crippen LogP contribution < -0.4 is 0 Å². The Morgan fingerprint density at radius 3 is 2.77 bits per heavy atom. The molecule has 1 aromatic rings. The van der Waals surface area contributed by atoms with E-state index in [4.69, 9.17) is 5.26 Å². The zero-order valence-electron chi connectivity index (χ0n) is 19.1. The van der Waals surface area contributed by atoms with Crippen molar-refractivity contribution in [3.63, 3.8) is 0 Å². The third-order valence-corrected chi connectivity index (χ3v) is 10.3. The van der Waals surface area contributed by atoms with Gasteiger partial charge in [0.1, 0.15) is 11.9 Å². The number of nitrogens with zero attached hydrogens (tertiary/aromatic N) is 3. The predicted molar refractivity (Wildman–Crippen MR) is 117 cm³/mol. The Bertz CT molecular complexity index is 945. The summed E-state index contributed by atoms with van der Waals surface area (Å²) in [6.45, 7) is 7.14. The molecule has 0 radical (unpaired) electrons. The van der Waals surface area contributed by atoms with Gasteiger partial charge in [-0.15, -0.1) is 0 Å². The average molecular weight is 422 g/mol. The monoisotopic (exact) mass is 421 g/mol. The Morgan fingerprint density at radius 1 is 1.23 bits per heavy atom. The normalized spacial score (nSPS) is 44.1. The van der Waals surface area contributed by atoms with Crippen molar-refractivity contribution in [1.29, 1.82) is 5.26 Å². The van der Waals surface area contributed by atoms with Gasteiger partial charge >= 0.3 is 0 Å². The van der Waals surface area contributed by atoms with E-state index in [0.29, 0.717) is 40.9 Å². The molecular formula is C26H35N3O2. The zero-order chi connectivity index (χ0) is 22.0. The summed E-state index contributed by atoms with van der Waals surface area (Å²) in [4.78, 5) is 27.0. The number of hydrogen-bond acceptors (Lipinski definition) is 4. The molecule has 0 amide bonds. The molecule has 4 aliphatic carbocycles. The van der Waals surface area contributed by atoms with Crippen molar-refractivity contribution in [3.05, 3.63) is 18.0 Å². The summed E-state index contributed by atoms with van der Waals surface area (Å²) in [6.07, 6.45) is 12.0. The first-order chi connectivity index (χ1) is 14.8. The smallest absolute Gasteiger partial charge is 0.158 e. The first-order valence-corrected chi connectivity index (χ1v) is 12.3. The van der Waals surface area contributed by atoms with Crippen LogP contribution in [0.1, 0.15) is 77.7 Å². The number of ketones is 2. The van der Waals surface area contributed by atoms with E-state index in [1.807, 2.05) is 0 Å². The number of carbonyl (C=O) groups excluding carboxylic acids is 2. The highest BCUT2D eigenvalue weighted by Crippen LogP contribution is 2.66. The molecule has 4 aliphatic rings.